The third-order valence-electron chi connectivity index (χ3n) is 4.18. The van der Waals surface area contributed by atoms with Crippen LogP contribution >= 0.6 is 11.8 Å². The predicted octanol–water partition coefficient (Wildman–Crippen LogP) is 3.05. The number of benzene rings is 2. The molecule has 2 atom stereocenters. The molecule has 0 aromatic heterocycles. The lowest BCUT2D eigenvalue weighted by Crippen LogP contribution is -2.39. The SMILES string of the molecule is CSc1cccc(N2C(=O)[C@@H]3[C@@H](N=NN3c3ccc(F)cc3)C2=O)c1. The quantitative estimate of drug-likeness (QED) is 0.626. The Morgan fingerprint density at radius 3 is 2.52 bits per heavy atom. The summed E-state index contributed by atoms with van der Waals surface area (Å²) in [5.41, 5.74) is 1.03. The fourth-order valence-corrected chi connectivity index (χ4v) is 3.42. The molecule has 0 unspecified atom stereocenters. The summed E-state index contributed by atoms with van der Waals surface area (Å²) in [7, 11) is 0. The first-order valence-corrected chi connectivity index (χ1v) is 8.80. The molecule has 2 aliphatic rings. The van der Waals surface area contributed by atoms with E-state index in [4.69, 9.17) is 0 Å². The van der Waals surface area contributed by atoms with Crippen molar-refractivity contribution in [1.82, 2.24) is 0 Å². The molecule has 2 amide bonds. The van der Waals surface area contributed by atoms with Gasteiger partial charge in [0.1, 0.15) is 5.82 Å². The smallest absolute Gasteiger partial charge is 0.263 e. The Bertz CT molecular complexity index is 886. The van der Waals surface area contributed by atoms with Crippen LogP contribution in [0.2, 0.25) is 0 Å². The van der Waals surface area contributed by atoms with Gasteiger partial charge in [0.2, 0.25) is 0 Å². The van der Waals surface area contributed by atoms with Crippen LogP contribution in [0.3, 0.4) is 0 Å². The number of fused-ring (bicyclic) bond motifs is 1. The topological polar surface area (TPSA) is 65.3 Å². The first-order chi connectivity index (χ1) is 12.1. The number of anilines is 2. The van der Waals surface area contributed by atoms with Crippen LogP contribution in [0.5, 0.6) is 0 Å². The molecule has 0 bridgehead atoms. The third kappa shape index (κ3) is 2.49. The average Bonchev–Trinajstić information content (AvgIpc) is 3.16. The highest BCUT2D eigenvalue weighted by Crippen LogP contribution is 2.35. The maximum atomic E-state index is 13.1. The second-order valence-corrected chi connectivity index (χ2v) is 6.51. The summed E-state index contributed by atoms with van der Waals surface area (Å²) in [6.45, 7) is 0. The number of thioether (sulfide) groups is 1. The Labute approximate surface area is 147 Å². The van der Waals surface area contributed by atoms with E-state index in [0.29, 0.717) is 11.4 Å². The average molecular weight is 356 g/mol. The van der Waals surface area contributed by atoms with Gasteiger partial charge in [0, 0.05) is 4.90 Å². The zero-order valence-electron chi connectivity index (χ0n) is 13.2. The van der Waals surface area contributed by atoms with E-state index in [9.17, 15) is 14.0 Å². The molecule has 2 aromatic rings. The number of hydrogen-bond donors (Lipinski definition) is 0. The van der Waals surface area contributed by atoms with E-state index >= 15 is 0 Å². The van der Waals surface area contributed by atoms with Gasteiger partial charge in [-0.3, -0.25) is 9.59 Å². The molecule has 0 saturated carbocycles. The molecule has 2 aliphatic heterocycles. The van der Waals surface area contributed by atoms with E-state index in [0.717, 1.165) is 9.80 Å². The Balaban J connectivity index is 1.69. The van der Waals surface area contributed by atoms with Gasteiger partial charge in [-0.2, -0.15) is 5.11 Å². The Hall–Kier alpha value is -2.74. The highest BCUT2D eigenvalue weighted by molar-refractivity contribution is 7.98. The highest BCUT2D eigenvalue weighted by Gasteiger charge is 2.55. The maximum Gasteiger partial charge on any atom is 0.263 e. The van der Waals surface area contributed by atoms with Gasteiger partial charge in [-0.1, -0.05) is 11.3 Å². The second kappa shape index (κ2) is 5.96. The number of amides is 2. The van der Waals surface area contributed by atoms with Crippen molar-refractivity contribution in [2.45, 2.75) is 17.0 Å². The minimum atomic E-state index is -0.879. The summed E-state index contributed by atoms with van der Waals surface area (Å²) >= 11 is 1.53. The molecular formula is C17H13FN4O2S. The molecule has 8 heteroatoms. The molecular weight excluding hydrogens is 343 g/mol. The van der Waals surface area contributed by atoms with E-state index in [1.165, 1.54) is 41.0 Å². The standard InChI is InChI=1S/C17H13FN4O2S/c1-25-13-4-2-3-12(9-13)21-16(23)14-15(17(21)24)22(20-19-14)11-7-5-10(18)6-8-11/h2-9,14-15H,1H3/t14-,15+/m1/s1. The van der Waals surface area contributed by atoms with Crippen LogP contribution in [0.15, 0.2) is 63.8 Å². The number of carbonyl (C=O) groups excluding carboxylic acids is 2. The van der Waals surface area contributed by atoms with Gasteiger partial charge >= 0.3 is 0 Å². The summed E-state index contributed by atoms with van der Waals surface area (Å²) in [6.07, 6.45) is 1.92. The fraction of sp³-hybridized carbons (Fsp3) is 0.176. The summed E-state index contributed by atoms with van der Waals surface area (Å²) < 4.78 is 13.1. The third-order valence-corrected chi connectivity index (χ3v) is 4.91. The first-order valence-electron chi connectivity index (χ1n) is 7.57. The Morgan fingerprint density at radius 1 is 1.04 bits per heavy atom. The number of rotatable bonds is 3. The van der Waals surface area contributed by atoms with Crippen molar-refractivity contribution >= 4 is 35.0 Å². The van der Waals surface area contributed by atoms with E-state index in [-0.39, 0.29) is 11.7 Å². The highest BCUT2D eigenvalue weighted by atomic mass is 32.2. The van der Waals surface area contributed by atoms with Gasteiger partial charge in [0.25, 0.3) is 11.8 Å². The number of halogens is 1. The molecule has 126 valence electrons. The van der Waals surface area contributed by atoms with Gasteiger partial charge in [0.05, 0.1) is 11.4 Å². The van der Waals surface area contributed by atoms with Gasteiger partial charge < -0.3 is 0 Å². The van der Waals surface area contributed by atoms with Crippen LogP contribution in [0.25, 0.3) is 0 Å². The molecule has 6 nitrogen and oxygen atoms in total. The van der Waals surface area contributed by atoms with Crippen molar-refractivity contribution < 1.29 is 14.0 Å². The van der Waals surface area contributed by atoms with Crippen molar-refractivity contribution in [1.29, 1.82) is 0 Å². The minimum Gasteiger partial charge on any atom is -0.271 e. The number of imide groups is 1. The Kier molecular flexibility index (Phi) is 3.76. The number of hydrogen-bond acceptors (Lipinski definition) is 6. The molecule has 0 spiro atoms. The second-order valence-electron chi connectivity index (χ2n) is 5.63. The summed E-state index contributed by atoms with van der Waals surface area (Å²) in [5.74, 6) is -1.18. The number of nitrogens with zero attached hydrogens (tertiary/aromatic N) is 4. The minimum absolute atomic E-state index is 0.387. The maximum absolute atomic E-state index is 13.1. The fourth-order valence-electron chi connectivity index (χ4n) is 2.97. The largest absolute Gasteiger partial charge is 0.271 e. The van der Waals surface area contributed by atoms with Crippen LogP contribution in [0, 0.1) is 5.82 Å². The van der Waals surface area contributed by atoms with Crippen LogP contribution < -0.4 is 9.91 Å². The van der Waals surface area contributed by atoms with Crippen LogP contribution in [-0.2, 0) is 9.59 Å². The van der Waals surface area contributed by atoms with E-state index in [2.05, 4.69) is 10.3 Å². The van der Waals surface area contributed by atoms with Crippen molar-refractivity contribution in [3.63, 3.8) is 0 Å². The van der Waals surface area contributed by atoms with Crippen molar-refractivity contribution in [2.75, 3.05) is 16.2 Å². The molecule has 2 aromatic carbocycles. The molecule has 25 heavy (non-hydrogen) atoms. The van der Waals surface area contributed by atoms with Gasteiger partial charge in [-0.25, -0.2) is 14.3 Å². The lowest BCUT2D eigenvalue weighted by atomic mass is 10.1. The molecule has 0 N–H and O–H groups in total. The van der Waals surface area contributed by atoms with Gasteiger partial charge in [-0.15, -0.1) is 11.8 Å². The number of carbonyl (C=O) groups is 2. The van der Waals surface area contributed by atoms with Crippen molar-refractivity contribution in [3.05, 3.63) is 54.3 Å². The zero-order valence-corrected chi connectivity index (χ0v) is 14.0. The molecule has 0 aliphatic carbocycles. The van der Waals surface area contributed by atoms with Crippen molar-refractivity contribution in [2.24, 2.45) is 10.3 Å². The summed E-state index contributed by atoms with van der Waals surface area (Å²) in [5, 5.41) is 9.29. The molecule has 0 radical (unpaired) electrons. The zero-order chi connectivity index (χ0) is 17.6. The molecule has 2 heterocycles. The molecule has 4 rings (SSSR count). The van der Waals surface area contributed by atoms with Gasteiger partial charge in [-0.05, 0) is 48.7 Å². The summed E-state index contributed by atoms with van der Waals surface area (Å²) in [4.78, 5) is 27.7. The van der Waals surface area contributed by atoms with Crippen LogP contribution in [-0.4, -0.2) is 30.2 Å². The van der Waals surface area contributed by atoms with Crippen LogP contribution in [0.1, 0.15) is 0 Å². The monoisotopic (exact) mass is 356 g/mol. The molecule has 1 saturated heterocycles. The lowest BCUT2D eigenvalue weighted by molar-refractivity contribution is -0.121. The normalized spacial score (nSPS) is 22.0. The predicted molar refractivity (Wildman–Crippen MR) is 92.0 cm³/mol. The first kappa shape index (κ1) is 15.8. The summed E-state index contributed by atoms with van der Waals surface area (Å²) in [6, 6.07) is 11.1. The van der Waals surface area contributed by atoms with Crippen LogP contribution in [0.4, 0.5) is 15.8 Å². The van der Waals surface area contributed by atoms with Gasteiger partial charge in [0.15, 0.2) is 12.1 Å². The van der Waals surface area contributed by atoms with Crippen molar-refractivity contribution in [3.8, 4) is 0 Å². The van der Waals surface area contributed by atoms with E-state index in [1.807, 2.05) is 12.3 Å². The van der Waals surface area contributed by atoms with E-state index < -0.39 is 18.0 Å². The lowest BCUT2D eigenvalue weighted by Gasteiger charge is -2.20. The molecule has 1 fully saturated rings. The van der Waals surface area contributed by atoms with E-state index in [1.54, 1.807) is 18.2 Å². The Morgan fingerprint density at radius 2 is 1.80 bits per heavy atom.